The number of thioether (sulfide) groups is 1. The smallest absolute Gasteiger partial charge is 0.191 e. The Morgan fingerprint density at radius 1 is 1.32 bits per heavy atom. The standard InChI is InChI=1S/C14H13ClN4O2S/c1-19-13(8-20-12-5-3-2-4-11(12)15)17-18-14(19)22-9-10-6-16-21-7-10/h2-7H,8-9H2,1H3. The molecule has 2 aromatic heterocycles. The molecule has 114 valence electrons. The van der Waals surface area contributed by atoms with Crippen LogP contribution in [-0.4, -0.2) is 19.9 Å². The molecule has 0 unspecified atom stereocenters. The molecule has 0 N–H and O–H groups in total. The first-order valence-corrected chi connectivity index (χ1v) is 7.87. The maximum absolute atomic E-state index is 6.06. The van der Waals surface area contributed by atoms with Gasteiger partial charge in [-0.25, -0.2) is 0 Å². The average molecular weight is 337 g/mol. The number of hydrogen-bond donors (Lipinski definition) is 0. The fourth-order valence-corrected chi connectivity index (χ4v) is 2.77. The molecule has 0 aliphatic rings. The maximum atomic E-state index is 6.06. The minimum atomic E-state index is 0.307. The first-order chi connectivity index (χ1) is 10.7. The van der Waals surface area contributed by atoms with Gasteiger partial charge in [0.05, 0.1) is 11.2 Å². The summed E-state index contributed by atoms with van der Waals surface area (Å²) in [5.41, 5.74) is 1.00. The molecule has 0 amide bonds. The van der Waals surface area contributed by atoms with Crippen LogP contribution in [0.4, 0.5) is 0 Å². The third-order valence-corrected chi connectivity index (χ3v) is 4.37. The van der Waals surface area contributed by atoms with Gasteiger partial charge in [-0.2, -0.15) is 0 Å². The summed E-state index contributed by atoms with van der Waals surface area (Å²) in [6.07, 6.45) is 3.30. The van der Waals surface area contributed by atoms with E-state index in [0.717, 1.165) is 22.3 Å². The highest BCUT2D eigenvalue weighted by molar-refractivity contribution is 7.98. The predicted molar refractivity (Wildman–Crippen MR) is 82.9 cm³/mol. The quantitative estimate of drug-likeness (QED) is 0.643. The summed E-state index contributed by atoms with van der Waals surface area (Å²) in [5, 5.41) is 13.4. The summed E-state index contributed by atoms with van der Waals surface area (Å²) in [6, 6.07) is 7.34. The highest BCUT2D eigenvalue weighted by Crippen LogP contribution is 2.25. The molecule has 0 radical (unpaired) electrons. The van der Waals surface area contributed by atoms with Crippen LogP contribution in [0.5, 0.6) is 5.75 Å². The van der Waals surface area contributed by atoms with Gasteiger partial charge < -0.3 is 13.8 Å². The predicted octanol–water partition coefficient (Wildman–Crippen LogP) is 3.33. The van der Waals surface area contributed by atoms with Crippen LogP contribution < -0.4 is 4.74 Å². The fourth-order valence-electron chi connectivity index (χ4n) is 1.75. The number of rotatable bonds is 6. The van der Waals surface area contributed by atoms with Crippen LogP contribution in [0.1, 0.15) is 11.4 Å². The van der Waals surface area contributed by atoms with E-state index in [1.807, 2.05) is 29.8 Å². The van der Waals surface area contributed by atoms with Crippen molar-refractivity contribution in [3.8, 4) is 5.75 Å². The molecule has 0 bridgehead atoms. The molecule has 0 saturated carbocycles. The van der Waals surface area contributed by atoms with Crippen LogP contribution in [0, 0.1) is 0 Å². The molecule has 8 heteroatoms. The molecule has 1 aromatic carbocycles. The molecule has 22 heavy (non-hydrogen) atoms. The monoisotopic (exact) mass is 336 g/mol. The van der Waals surface area contributed by atoms with Crippen molar-refractivity contribution in [3.05, 3.63) is 53.1 Å². The van der Waals surface area contributed by atoms with Crippen molar-refractivity contribution in [2.75, 3.05) is 0 Å². The Hall–Kier alpha value is -1.99. The number of benzene rings is 1. The molecule has 0 atom stereocenters. The Balaban J connectivity index is 1.62. The van der Waals surface area contributed by atoms with Crippen molar-refractivity contribution >= 4 is 23.4 Å². The van der Waals surface area contributed by atoms with Crippen LogP contribution >= 0.6 is 23.4 Å². The second-order valence-electron chi connectivity index (χ2n) is 4.50. The third kappa shape index (κ3) is 3.42. The van der Waals surface area contributed by atoms with Crippen molar-refractivity contribution in [1.82, 2.24) is 19.9 Å². The van der Waals surface area contributed by atoms with Crippen LogP contribution in [-0.2, 0) is 19.4 Å². The van der Waals surface area contributed by atoms with Gasteiger partial charge in [-0.05, 0) is 12.1 Å². The van der Waals surface area contributed by atoms with Crippen molar-refractivity contribution in [1.29, 1.82) is 0 Å². The van der Waals surface area contributed by atoms with Gasteiger partial charge in [-0.3, -0.25) is 0 Å². The van der Waals surface area contributed by atoms with E-state index < -0.39 is 0 Å². The number of halogens is 1. The lowest BCUT2D eigenvalue weighted by atomic mass is 10.3. The summed E-state index contributed by atoms with van der Waals surface area (Å²) in [7, 11) is 1.90. The lowest BCUT2D eigenvalue weighted by Crippen LogP contribution is -2.04. The second kappa shape index (κ2) is 6.85. The Labute approximate surface area is 136 Å². The summed E-state index contributed by atoms with van der Waals surface area (Å²) in [5.74, 6) is 2.08. The highest BCUT2D eigenvalue weighted by atomic mass is 35.5. The number of hydrogen-bond acceptors (Lipinski definition) is 6. The Kier molecular flexibility index (Phi) is 4.65. The first-order valence-electron chi connectivity index (χ1n) is 6.50. The largest absolute Gasteiger partial charge is 0.484 e. The molecule has 0 fully saturated rings. The Morgan fingerprint density at radius 3 is 2.95 bits per heavy atom. The lowest BCUT2D eigenvalue weighted by Gasteiger charge is -2.07. The highest BCUT2D eigenvalue weighted by Gasteiger charge is 2.11. The molecular formula is C14H13ClN4O2S. The second-order valence-corrected chi connectivity index (χ2v) is 5.85. The van der Waals surface area contributed by atoms with E-state index in [1.54, 1.807) is 30.3 Å². The fraction of sp³-hybridized carbons (Fsp3) is 0.214. The van der Waals surface area contributed by atoms with Gasteiger partial charge >= 0.3 is 0 Å². The van der Waals surface area contributed by atoms with Gasteiger partial charge in [0.2, 0.25) is 0 Å². The van der Waals surface area contributed by atoms with E-state index in [9.17, 15) is 0 Å². The van der Waals surface area contributed by atoms with Gasteiger partial charge in [0.15, 0.2) is 11.0 Å². The van der Waals surface area contributed by atoms with Crippen molar-refractivity contribution < 1.29 is 9.26 Å². The number of para-hydroxylation sites is 1. The van der Waals surface area contributed by atoms with Crippen LogP contribution in [0.15, 0.2) is 46.4 Å². The molecule has 0 saturated heterocycles. The van der Waals surface area contributed by atoms with Gasteiger partial charge in [-0.15, -0.1) is 10.2 Å². The molecular weight excluding hydrogens is 324 g/mol. The lowest BCUT2D eigenvalue weighted by molar-refractivity contribution is 0.290. The van der Waals surface area contributed by atoms with Gasteiger partial charge in [-0.1, -0.05) is 40.7 Å². The molecule has 0 spiro atoms. The Morgan fingerprint density at radius 2 is 2.18 bits per heavy atom. The van der Waals surface area contributed by atoms with Crippen molar-refractivity contribution in [2.45, 2.75) is 17.5 Å². The first kappa shape index (κ1) is 14.9. The minimum absolute atomic E-state index is 0.307. The normalized spacial score (nSPS) is 10.8. The molecule has 3 aromatic rings. The van der Waals surface area contributed by atoms with E-state index in [1.165, 1.54) is 0 Å². The molecule has 3 rings (SSSR count). The molecule has 0 aliphatic carbocycles. The molecule has 6 nitrogen and oxygen atoms in total. The SMILES string of the molecule is Cn1c(COc2ccccc2Cl)nnc1SCc1cnoc1. The van der Waals surface area contributed by atoms with E-state index in [2.05, 4.69) is 15.4 Å². The van der Waals surface area contributed by atoms with Crippen molar-refractivity contribution in [3.63, 3.8) is 0 Å². The summed E-state index contributed by atoms with van der Waals surface area (Å²) >= 11 is 7.61. The van der Waals surface area contributed by atoms with E-state index in [-0.39, 0.29) is 0 Å². The average Bonchev–Trinajstić information content (AvgIpc) is 3.15. The van der Waals surface area contributed by atoms with E-state index in [0.29, 0.717) is 17.4 Å². The van der Waals surface area contributed by atoms with Gasteiger partial charge in [0.25, 0.3) is 0 Å². The zero-order valence-corrected chi connectivity index (χ0v) is 13.3. The van der Waals surface area contributed by atoms with Crippen LogP contribution in [0.3, 0.4) is 0 Å². The maximum Gasteiger partial charge on any atom is 0.191 e. The Bertz CT molecular complexity index is 745. The van der Waals surface area contributed by atoms with Crippen LogP contribution in [0.2, 0.25) is 5.02 Å². The summed E-state index contributed by atoms with van der Waals surface area (Å²) in [6.45, 7) is 0.307. The molecule has 0 aliphatic heterocycles. The molecule has 2 heterocycles. The third-order valence-electron chi connectivity index (χ3n) is 2.97. The van der Waals surface area contributed by atoms with Gasteiger partial charge in [0.1, 0.15) is 18.6 Å². The van der Waals surface area contributed by atoms with Gasteiger partial charge in [0, 0.05) is 18.4 Å². The van der Waals surface area contributed by atoms with E-state index >= 15 is 0 Å². The minimum Gasteiger partial charge on any atom is -0.484 e. The number of nitrogens with zero attached hydrogens (tertiary/aromatic N) is 4. The number of ether oxygens (including phenoxy) is 1. The van der Waals surface area contributed by atoms with Crippen LogP contribution in [0.25, 0.3) is 0 Å². The number of aromatic nitrogens is 4. The van der Waals surface area contributed by atoms with Crippen molar-refractivity contribution in [2.24, 2.45) is 7.05 Å². The summed E-state index contributed by atoms with van der Waals surface area (Å²) < 4.78 is 12.4. The topological polar surface area (TPSA) is 66.0 Å². The summed E-state index contributed by atoms with van der Waals surface area (Å²) in [4.78, 5) is 0. The van der Waals surface area contributed by atoms with E-state index in [4.69, 9.17) is 20.9 Å². The zero-order valence-electron chi connectivity index (χ0n) is 11.8. The zero-order chi connectivity index (χ0) is 15.4.